The summed E-state index contributed by atoms with van der Waals surface area (Å²) >= 11 is 3.51. The summed E-state index contributed by atoms with van der Waals surface area (Å²) in [6, 6.07) is 7.64. The first-order chi connectivity index (χ1) is 10.6. The van der Waals surface area contributed by atoms with Crippen LogP contribution in [0.3, 0.4) is 0 Å². The van der Waals surface area contributed by atoms with E-state index in [2.05, 4.69) is 31.2 Å². The average Bonchev–Trinajstić information content (AvgIpc) is 3.04. The Labute approximate surface area is 137 Å². The van der Waals surface area contributed by atoms with Gasteiger partial charge in [-0.05, 0) is 59.5 Å². The van der Waals surface area contributed by atoms with Gasteiger partial charge in [0, 0.05) is 23.8 Å². The second-order valence-electron chi connectivity index (χ2n) is 5.37. The minimum Gasteiger partial charge on any atom is -0.337 e. The number of rotatable bonds is 3. The summed E-state index contributed by atoms with van der Waals surface area (Å²) in [5, 5.41) is 3.15. The Kier molecular flexibility index (Phi) is 4.38. The minimum absolute atomic E-state index is 0.0223. The van der Waals surface area contributed by atoms with Gasteiger partial charge >= 0.3 is 0 Å². The van der Waals surface area contributed by atoms with Crippen LogP contribution < -0.4 is 5.32 Å². The summed E-state index contributed by atoms with van der Waals surface area (Å²) in [5.74, 6) is 0.403. The van der Waals surface area contributed by atoms with Crippen LogP contribution in [0.4, 0.5) is 11.6 Å². The van der Waals surface area contributed by atoms with E-state index in [1.165, 1.54) is 0 Å². The van der Waals surface area contributed by atoms with Crippen LogP contribution in [-0.4, -0.2) is 33.9 Å². The van der Waals surface area contributed by atoms with Crippen LogP contribution in [0.15, 0.2) is 34.9 Å². The number of nitrogens with one attached hydrogen (secondary N) is 1. The summed E-state index contributed by atoms with van der Waals surface area (Å²) < 4.78 is 0.937. The first-order valence-electron chi connectivity index (χ1n) is 7.29. The molecule has 0 aliphatic carbocycles. The van der Waals surface area contributed by atoms with E-state index in [9.17, 15) is 4.79 Å². The number of hydrogen-bond donors (Lipinski definition) is 1. The zero-order valence-corrected chi connectivity index (χ0v) is 13.9. The van der Waals surface area contributed by atoms with E-state index in [4.69, 9.17) is 0 Å². The van der Waals surface area contributed by atoms with Gasteiger partial charge in [0.15, 0.2) is 0 Å². The molecule has 1 amide bonds. The lowest BCUT2D eigenvalue weighted by Crippen LogP contribution is -2.28. The molecule has 6 heteroatoms. The number of aryl methyl sites for hydroxylation is 1. The Morgan fingerprint density at radius 3 is 2.77 bits per heavy atom. The molecule has 0 unspecified atom stereocenters. The Morgan fingerprint density at radius 2 is 2.05 bits per heavy atom. The second kappa shape index (κ2) is 6.44. The molecule has 0 bridgehead atoms. The highest BCUT2D eigenvalue weighted by atomic mass is 79.9. The molecule has 0 saturated carbocycles. The Balaban J connectivity index is 1.80. The number of nitrogens with zero attached hydrogens (tertiary/aromatic N) is 3. The highest BCUT2D eigenvalue weighted by Crippen LogP contribution is 2.25. The summed E-state index contributed by atoms with van der Waals surface area (Å²) in [4.78, 5) is 22.7. The van der Waals surface area contributed by atoms with Gasteiger partial charge in [-0.1, -0.05) is 6.07 Å². The third-order valence-corrected chi connectivity index (χ3v) is 4.30. The van der Waals surface area contributed by atoms with Crippen LogP contribution in [0.5, 0.6) is 0 Å². The SMILES string of the molecule is Cc1ccc(Nc2nccc(C(=O)N3CCCC3)n2)c(Br)c1. The monoisotopic (exact) mass is 360 g/mol. The lowest BCUT2D eigenvalue weighted by Gasteiger charge is -2.15. The predicted octanol–water partition coefficient (Wildman–Crippen LogP) is 3.53. The van der Waals surface area contributed by atoms with Crippen molar-refractivity contribution in [3.05, 3.63) is 46.2 Å². The zero-order chi connectivity index (χ0) is 15.5. The number of anilines is 2. The molecule has 2 heterocycles. The van der Waals surface area contributed by atoms with E-state index in [0.29, 0.717) is 11.6 Å². The van der Waals surface area contributed by atoms with Crippen molar-refractivity contribution in [3.63, 3.8) is 0 Å². The fraction of sp³-hybridized carbons (Fsp3) is 0.312. The molecule has 1 saturated heterocycles. The molecule has 0 atom stereocenters. The van der Waals surface area contributed by atoms with Crippen molar-refractivity contribution < 1.29 is 4.79 Å². The normalized spacial score (nSPS) is 14.2. The first-order valence-corrected chi connectivity index (χ1v) is 8.08. The van der Waals surface area contributed by atoms with Gasteiger partial charge in [0.2, 0.25) is 5.95 Å². The Hall–Kier alpha value is -1.95. The Morgan fingerprint density at radius 1 is 1.27 bits per heavy atom. The highest BCUT2D eigenvalue weighted by molar-refractivity contribution is 9.10. The Bertz CT molecular complexity index is 698. The molecule has 22 heavy (non-hydrogen) atoms. The van der Waals surface area contributed by atoms with Gasteiger partial charge in [0.1, 0.15) is 5.69 Å². The molecule has 1 aromatic carbocycles. The van der Waals surface area contributed by atoms with Gasteiger partial charge in [-0.25, -0.2) is 9.97 Å². The van der Waals surface area contributed by atoms with Gasteiger partial charge in [0.25, 0.3) is 5.91 Å². The van der Waals surface area contributed by atoms with E-state index in [1.807, 2.05) is 30.0 Å². The van der Waals surface area contributed by atoms with Crippen LogP contribution in [0.25, 0.3) is 0 Å². The molecular formula is C16H17BrN4O. The lowest BCUT2D eigenvalue weighted by molar-refractivity contribution is 0.0787. The first kappa shape index (κ1) is 15.0. The number of benzene rings is 1. The molecule has 2 aromatic rings. The van der Waals surface area contributed by atoms with E-state index >= 15 is 0 Å². The summed E-state index contributed by atoms with van der Waals surface area (Å²) in [5.41, 5.74) is 2.47. The molecular weight excluding hydrogens is 344 g/mol. The fourth-order valence-corrected chi connectivity index (χ4v) is 3.05. The van der Waals surface area contributed by atoms with Crippen molar-refractivity contribution in [2.24, 2.45) is 0 Å². The van der Waals surface area contributed by atoms with Crippen LogP contribution in [0.1, 0.15) is 28.9 Å². The molecule has 0 spiro atoms. The molecule has 1 aromatic heterocycles. The van der Waals surface area contributed by atoms with Gasteiger partial charge in [-0.3, -0.25) is 4.79 Å². The van der Waals surface area contributed by atoms with Crippen molar-refractivity contribution in [1.29, 1.82) is 0 Å². The maximum atomic E-state index is 12.4. The summed E-state index contributed by atoms with van der Waals surface area (Å²) in [6.07, 6.45) is 3.75. The number of halogens is 1. The van der Waals surface area contributed by atoms with E-state index < -0.39 is 0 Å². The van der Waals surface area contributed by atoms with E-state index in [1.54, 1.807) is 12.3 Å². The third kappa shape index (κ3) is 3.27. The quantitative estimate of drug-likeness (QED) is 0.909. The summed E-state index contributed by atoms with van der Waals surface area (Å²) in [6.45, 7) is 3.66. The van der Waals surface area contributed by atoms with Gasteiger partial charge < -0.3 is 10.2 Å². The standard InChI is InChI=1S/C16H17BrN4O/c1-11-4-5-13(12(17)10-11)19-16-18-7-6-14(20-16)15(22)21-8-2-3-9-21/h4-7,10H,2-3,8-9H2,1H3,(H,18,19,20). The molecule has 1 aliphatic heterocycles. The third-order valence-electron chi connectivity index (χ3n) is 3.64. The number of carbonyl (C=O) groups is 1. The second-order valence-corrected chi connectivity index (χ2v) is 6.23. The number of aromatic nitrogens is 2. The predicted molar refractivity (Wildman–Crippen MR) is 89.3 cm³/mol. The molecule has 114 valence electrons. The van der Waals surface area contributed by atoms with Gasteiger partial charge in [-0.15, -0.1) is 0 Å². The average molecular weight is 361 g/mol. The fourth-order valence-electron chi connectivity index (χ4n) is 2.46. The van der Waals surface area contributed by atoms with E-state index in [-0.39, 0.29) is 5.91 Å². The molecule has 3 rings (SSSR count). The van der Waals surface area contributed by atoms with Crippen molar-refractivity contribution in [1.82, 2.24) is 14.9 Å². The van der Waals surface area contributed by atoms with Crippen LogP contribution >= 0.6 is 15.9 Å². The molecule has 1 aliphatic rings. The number of carbonyl (C=O) groups excluding carboxylic acids is 1. The van der Waals surface area contributed by atoms with Crippen LogP contribution in [-0.2, 0) is 0 Å². The number of amides is 1. The van der Waals surface area contributed by atoms with Gasteiger partial charge in [-0.2, -0.15) is 0 Å². The lowest BCUT2D eigenvalue weighted by atomic mass is 10.2. The molecule has 1 fully saturated rings. The molecule has 1 N–H and O–H groups in total. The van der Waals surface area contributed by atoms with E-state index in [0.717, 1.165) is 41.7 Å². The topological polar surface area (TPSA) is 58.1 Å². The minimum atomic E-state index is -0.0223. The maximum Gasteiger partial charge on any atom is 0.272 e. The van der Waals surface area contributed by atoms with Crippen molar-refractivity contribution in [2.45, 2.75) is 19.8 Å². The zero-order valence-electron chi connectivity index (χ0n) is 12.3. The van der Waals surface area contributed by atoms with Crippen molar-refractivity contribution in [3.8, 4) is 0 Å². The van der Waals surface area contributed by atoms with Crippen LogP contribution in [0.2, 0.25) is 0 Å². The number of hydrogen-bond acceptors (Lipinski definition) is 4. The van der Waals surface area contributed by atoms with Gasteiger partial charge in [0.05, 0.1) is 5.69 Å². The molecule has 5 nitrogen and oxygen atoms in total. The number of likely N-dealkylation sites (tertiary alicyclic amines) is 1. The molecule has 0 radical (unpaired) electrons. The van der Waals surface area contributed by atoms with Crippen LogP contribution in [0, 0.1) is 6.92 Å². The summed E-state index contributed by atoms with van der Waals surface area (Å²) in [7, 11) is 0. The van der Waals surface area contributed by atoms with Crippen molar-refractivity contribution >= 4 is 33.5 Å². The maximum absolute atomic E-state index is 12.4. The largest absolute Gasteiger partial charge is 0.337 e. The smallest absolute Gasteiger partial charge is 0.272 e. The highest BCUT2D eigenvalue weighted by Gasteiger charge is 2.20. The van der Waals surface area contributed by atoms with Crippen molar-refractivity contribution in [2.75, 3.05) is 18.4 Å².